The molecular weight excluding hydrogens is 310 g/mol. The first-order valence-electron chi connectivity index (χ1n) is 7.61. The number of nitrogens with zero attached hydrogens (tertiary/aromatic N) is 3. The lowest BCUT2D eigenvalue weighted by atomic mass is 10.1. The fraction of sp³-hybridized carbons (Fsp3) is 0.375. The number of hydrogen-bond acceptors (Lipinski definition) is 6. The molecule has 0 aromatic carbocycles. The van der Waals surface area contributed by atoms with Gasteiger partial charge in [0.1, 0.15) is 5.82 Å². The van der Waals surface area contributed by atoms with Crippen LogP contribution in [0.2, 0.25) is 0 Å². The maximum Gasteiger partial charge on any atom is 0.126 e. The number of H-pyrrole nitrogens is 1. The van der Waals surface area contributed by atoms with Crippen LogP contribution in [0.5, 0.6) is 0 Å². The summed E-state index contributed by atoms with van der Waals surface area (Å²) < 4.78 is 6.98. The lowest BCUT2D eigenvalue weighted by Gasteiger charge is -2.39. The summed E-state index contributed by atoms with van der Waals surface area (Å²) in [5.74, 6) is 0.547. The number of aromatic nitrogens is 3. The Morgan fingerprint density at radius 1 is 1.39 bits per heavy atom. The molecule has 0 amide bonds. The van der Waals surface area contributed by atoms with E-state index >= 15 is 0 Å². The molecule has 1 fully saturated rings. The van der Waals surface area contributed by atoms with Crippen molar-refractivity contribution in [1.82, 2.24) is 15.2 Å². The molecule has 3 N–H and O–H groups in total. The zero-order valence-electron chi connectivity index (χ0n) is 13.2. The molecule has 1 aliphatic heterocycles. The number of nitrogens with one attached hydrogen (secondary N) is 1. The second-order valence-electron chi connectivity index (χ2n) is 6.39. The Labute approximate surface area is 138 Å². The summed E-state index contributed by atoms with van der Waals surface area (Å²) >= 11 is 1.71. The minimum absolute atomic E-state index is 0.161. The Bertz CT molecular complexity index is 840. The third-order valence-corrected chi connectivity index (χ3v) is 5.19. The van der Waals surface area contributed by atoms with E-state index in [0.29, 0.717) is 5.82 Å². The number of thiophene rings is 1. The predicted octanol–water partition coefficient (Wildman–Crippen LogP) is 2.88. The largest absolute Gasteiger partial charge is 0.384 e. The summed E-state index contributed by atoms with van der Waals surface area (Å²) in [5.41, 5.74) is 8.95. The van der Waals surface area contributed by atoms with Crippen molar-refractivity contribution in [3.8, 4) is 10.6 Å². The highest BCUT2D eigenvalue weighted by molar-refractivity contribution is 7.22. The Morgan fingerprint density at radius 3 is 3.00 bits per heavy atom. The van der Waals surface area contributed by atoms with Crippen molar-refractivity contribution < 1.29 is 4.74 Å². The maximum absolute atomic E-state index is 6.04. The van der Waals surface area contributed by atoms with Crippen molar-refractivity contribution in [3.05, 3.63) is 24.4 Å². The van der Waals surface area contributed by atoms with Gasteiger partial charge in [-0.15, -0.1) is 11.3 Å². The van der Waals surface area contributed by atoms with E-state index in [4.69, 9.17) is 10.5 Å². The fourth-order valence-corrected chi connectivity index (χ4v) is 4.12. The van der Waals surface area contributed by atoms with Crippen molar-refractivity contribution in [2.75, 3.05) is 30.3 Å². The molecule has 4 heterocycles. The van der Waals surface area contributed by atoms with Crippen LogP contribution in [0, 0.1) is 0 Å². The average Bonchev–Trinajstić information content (AvgIpc) is 3.13. The van der Waals surface area contributed by atoms with Crippen LogP contribution in [0.3, 0.4) is 0 Å². The zero-order chi connectivity index (χ0) is 16.0. The normalized spacial score (nSPS) is 17.7. The molecule has 0 aliphatic carbocycles. The van der Waals surface area contributed by atoms with Crippen LogP contribution >= 0.6 is 11.3 Å². The first-order valence-corrected chi connectivity index (χ1v) is 8.42. The van der Waals surface area contributed by atoms with Gasteiger partial charge in [-0.2, -0.15) is 5.10 Å². The molecule has 7 heteroatoms. The first kappa shape index (κ1) is 14.5. The zero-order valence-corrected chi connectivity index (χ0v) is 14.0. The molecule has 0 radical (unpaired) electrons. The third-order valence-electron chi connectivity index (χ3n) is 4.01. The van der Waals surface area contributed by atoms with E-state index in [-0.39, 0.29) is 5.60 Å². The summed E-state index contributed by atoms with van der Waals surface area (Å²) in [5, 5.41) is 7.04. The highest BCUT2D eigenvalue weighted by Crippen LogP contribution is 2.39. The quantitative estimate of drug-likeness (QED) is 0.755. The van der Waals surface area contributed by atoms with Gasteiger partial charge in [0.15, 0.2) is 0 Å². The smallest absolute Gasteiger partial charge is 0.126 e. The predicted molar refractivity (Wildman–Crippen MR) is 93.9 cm³/mol. The number of nitrogen functional groups attached to an aromatic ring is 1. The van der Waals surface area contributed by atoms with E-state index in [1.807, 2.05) is 12.1 Å². The average molecular weight is 329 g/mol. The van der Waals surface area contributed by atoms with E-state index < -0.39 is 0 Å². The van der Waals surface area contributed by atoms with Crippen molar-refractivity contribution in [2.24, 2.45) is 0 Å². The number of hydrogen-bond donors (Lipinski definition) is 2. The minimum atomic E-state index is -0.161. The van der Waals surface area contributed by atoms with E-state index in [9.17, 15) is 0 Å². The lowest BCUT2D eigenvalue weighted by Crippen LogP contribution is -2.48. The topological polar surface area (TPSA) is 80.1 Å². The van der Waals surface area contributed by atoms with Crippen LogP contribution in [0.1, 0.15) is 13.8 Å². The summed E-state index contributed by atoms with van der Waals surface area (Å²) in [4.78, 5) is 7.95. The Hall–Kier alpha value is -2.12. The van der Waals surface area contributed by atoms with Crippen LogP contribution < -0.4 is 10.6 Å². The molecule has 4 rings (SSSR count). The van der Waals surface area contributed by atoms with Crippen LogP contribution in [-0.2, 0) is 4.74 Å². The molecule has 0 spiro atoms. The molecule has 0 bridgehead atoms. The van der Waals surface area contributed by atoms with Crippen molar-refractivity contribution >= 4 is 33.1 Å². The SMILES string of the molecule is CC1(C)CN(c2cc(N)nc3cc(-c4ccn[nH]4)sc23)CCO1. The van der Waals surface area contributed by atoms with Gasteiger partial charge in [0.25, 0.3) is 0 Å². The number of ether oxygens (including phenoxy) is 1. The molecule has 120 valence electrons. The molecule has 3 aromatic heterocycles. The molecular formula is C16H19N5OS. The summed E-state index contributed by atoms with van der Waals surface area (Å²) in [6, 6.07) is 6.00. The molecule has 23 heavy (non-hydrogen) atoms. The summed E-state index contributed by atoms with van der Waals surface area (Å²) in [6.45, 7) is 6.65. The van der Waals surface area contributed by atoms with E-state index in [2.05, 4.69) is 40.0 Å². The van der Waals surface area contributed by atoms with Gasteiger partial charge in [0.2, 0.25) is 0 Å². The number of aromatic amines is 1. The molecule has 0 unspecified atom stereocenters. The Balaban J connectivity index is 1.82. The highest BCUT2D eigenvalue weighted by atomic mass is 32.1. The first-order chi connectivity index (χ1) is 11.0. The van der Waals surface area contributed by atoms with Gasteiger partial charge in [-0.25, -0.2) is 4.98 Å². The van der Waals surface area contributed by atoms with Gasteiger partial charge >= 0.3 is 0 Å². The highest BCUT2D eigenvalue weighted by Gasteiger charge is 2.29. The Morgan fingerprint density at radius 2 is 2.26 bits per heavy atom. The standard InChI is InChI=1S/C16H19N5OS/c1-16(2)9-21(5-6-22-16)12-8-14(17)19-11-7-13(23-15(11)12)10-3-4-18-20-10/h3-4,7-8H,5-6,9H2,1-2H3,(H2,17,19)(H,18,20). The van der Waals surface area contributed by atoms with Gasteiger partial charge in [-0.05, 0) is 26.0 Å². The molecule has 1 saturated heterocycles. The van der Waals surface area contributed by atoms with Gasteiger partial charge < -0.3 is 15.4 Å². The maximum atomic E-state index is 6.04. The number of fused-ring (bicyclic) bond motifs is 1. The second kappa shape index (κ2) is 5.21. The molecule has 3 aromatic rings. The van der Waals surface area contributed by atoms with Crippen LogP contribution in [0.15, 0.2) is 24.4 Å². The number of morpholine rings is 1. The van der Waals surface area contributed by atoms with Crippen molar-refractivity contribution in [3.63, 3.8) is 0 Å². The number of rotatable bonds is 2. The van der Waals surface area contributed by atoms with Gasteiger partial charge in [0, 0.05) is 25.4 Å². The van der Waals surface area contributed by atoms with Crippen molar-refractivity contribution in [1.29, 1.82) is 0 Å². The van der Waals surface area contributed by atoms with Crippen LogP contribution in [0.4, 0.5) is 11.5 Å². The summed E-state index contributed by atoms with van der Waals surface area (Å²) in [7, 11) is 0. The second-order valence-corrected chi connectivity index (χ2v) is 7.44. The monoisotopic (exact) mass is 329 g/mol. The molecule has 0 saturated carbocycles. The number of anilines is 2. The van der Waals surface area contributed by atoms with E-state index in [1.54, 1.807) is 17.5 Å². The van der Waals surface area contributed by atoms with Crippen LogP contribution in [-0.4, -0.2) is 40.5 Å². The lowest BCUT2D eigenvalue weighted by molar-refractivity contribution is -0.0276. The molecule has 0 atom stereocenters. The third kappa shape index (κ3) is 2.66. The number of pyridine rings is 1. The molecule has 1 aliphatic rings. The minimum Gasteiger partial charge on any atom is -0.384 e. The van der Waals surface area contributed by atoms with E-state index in [1.165, 1.54) is 0 Å². The Kier molecular flexibility index (Phi) is 3.28. The molecule has 6 nitrogen and oxygen atoms in total. The summed E-state index contributed by atoms with van der Waals surface area (Å²) in [6.07, 6.45) is 1.76. The van der Waals surface area contributed by atoms with Crippen LogP contribution in [0.25, 0.3) is 20.8 Å². The fourth-order valence-electron chi connectivity index (χ4n) is 3.01. The van der Waals surface area contributed by atoms with Gasteiger partial charge in [-0.1, -0.05) is 0 Å². The van der Waals surface area contributed by atoms with Gasteiger partial charge in [0.05, 0.1) is 38.7 Å². The number of nitrogens with two attached hydrogens (primary N) is 1. The van der Waals surface area contributed by atoms with E-state index in [0.717, 1.165) is 46.2 Å². The van der Waals surface area contributed by atoms with Crippen molar-refractivity contribution in [2.45, 2.75) is 19.4 Å². The van der Waals surface area contributed by atoms with Gasteiger partial charge in [-0.3, -0.25) is 5.10 Å².